The molecule has 0 aliphatic rings. The summed E-state index contributed by atoms with van der Waals surface area (Å²) in [6.07, 6.45) is 5.27. The lowest BCUT2D eigenvalue weighted by Gasteiger charge is -2.34. The van der Waals surface area contributed by atoms with Gasteiger partial charge in [-0.05, 0) is 30.9 Å². The molecule has 0 aliphatic carbocycles. The number of rotatable bonds is 9. The van der Waals surface area contributed by atoms with Crippen molar-refractivity contribution in [2.75, 3.05) is 11.5 Å². The van der Waals surface area contributed by atoms with E-state index in [4.69, 9.17) is 11.1 Å². The zero-order chi connectivity index (χ0) is 12.7. The molecule has 1 atom stereocenters. The van der Waals surface area contributed by atoms with Crippen LogP contribution in [0.4, 0.5) is 0 Å². The highest BCUT2D eigenvalue weighted by atomic mass is 35.6. The highest BCUT2D eigenvalue weighted by molar-refractivity contribution is 8.53. The molecule has 98 valence electrons. The van der Waals surface area contributed by atoms with Gasteiger partial charge in [-0.1, -0.05) is 39.8 Å². The second-order valence-electron chi connectivity index (χ2n) is 4.83. The Hall–Kier alpha value is 1.42. The summed E-state index contributed by atoms with van der Waals surface area (Å²) in [6, 6.07) is -1.53. The molecule has 16 heavy (non-hydrogen) atoms. The van der Waals surface area contributed by atoms with Gasteiger partial charge in [-0.15, -0.1) is 0 Å². The summed E-state index contributed by atoms with van der Waals surface area (Å²) in [5.41, 5.74) is 0. The molecule has 0 heterocycles. The summed E-state index contributed by atoms with van der Waals surface area (Å²) in [6.45, 7) is 10.6. The first-order chi connectivity index (χ1) is 7.37. The van der Waals surface area contributed by atoms with Crippen LogP contribution >= 0.6 is 33.5 Å². The van der Waals surface area contributed by atoms with E-state index in [0.717, 1.165) is 0 Å². The number of hydrogen-bond donors (Lipinski definition) is 0. The Bertz CT molecular complexity index is 167. The first-order valence-corrected chi connectivity index (χ1v) is 17.3. The van der Waals surface area contributed by atoms with E-state index in [1.165, 1.54) is 37.2 Å². The highest BCUT2D eigenvalue weighted by Crippen LogP contribution is 2.41. The molecule has 0 rings (SSSR count). The van der Waals surface area contributed by atoms with Gasteiger partial charge in [0.2, 0.25) is 6.05 Å². The molecule has 5 heteroatoms. The van der Waals surface area contributed by atoms with Crippen molar-refractivity contribution in [3.8, 4) is 0 Å². The zero-order valence-electron chi connectivity index (χ0n) is 11.4. The predicted octanol–water partition coefficient (Wildman–Crippen LogP) is 5.65. The summed E-state index contributed by atoms with van der Waals surface area (Å²) in [5.74, 6) is 2.59. The SMILES string of the molecule is CCCCS[Si](C)(C)[Si](C)(Cl)SCCCC. The molecule has 0 spiro atoms. The topological polar surface area (TPSA) is 0 Å². The molecule has 0 aromatic heterocycles. The first-order valence-electron chi connectivity index (χ1n) is 6.34. The van der Waals surface area contributed by atoms with Crippen molar-refractivity contribution in [1.29, 1.82) is 0 Å². The van der Waals surface area contributed by atoms with Crippen molar-refractivity contribution in [3.63, 3.8) is 0 Å². The van der Waals surface area contributed by atoms with Crippen molar-refractivity contribution >= 4 is 46.3 Å². The van der Waals surface area contributed by atoms with Crippen LogP contribution in [0.5, 0.6) is 0 Å². The molecule has 0 amide bonds. The first kappa shape index (κ1) is 17.4. The van der Waals surface area contributed by atoms with Crippen LogP contribution in [-0.2, 0) is 0 Å². The highest BCUT2D eigenvalue weighted by Gasteiger charge is 2.45. The maximum atomic E-state index is 6.89. The van der Waals surface area contributed by atoms with Crippen molar-refractivity contribution in [3.05, 3.63) is 0 Å². The van der Waals surface area contributed by atoms with E-state index >= 15 is 0 Å². The molecule has 0 N–H and O–H groups in total. The third kappa shape index (κ3) is 6.38. The minimum atomic E-state index is -1.53. The van der Waals surface area contributed by atoms with E-state index in [0.29, 0.717) is 0 Å². The monoisotopic (exact) mass is 314 g/mol. The lowest BCUT2D eigenvalue weighted by Crippen LogP contribution is -2.48. The van der Waals surface area contributed by atoms with E-state index in [9.17, 15) is 0 Å². The van der Waals surface area contributed by atoms with Gasteiger partial charge in [0, 0.05) is 0 Å². The molecule has 0 aromatic carbocycles. The molecule has 0 nitrogen and oxygen atoms in total. The maximum Gasteiger partial charge on any atom is 0.211 e. The largest absolute Gasteiger partial charge is 0.211 e. The Kier molecular flexibility index (Phi) is 9.27. The minimum absolute atomic E-state index is 1.23. The van der Waals surface area contributed by atoms with E-state index < -0.39 is 12.8 Å². The molecule has 0 fully saturated rings. The van der Waals surface area contributed by atoms with Crippen molar-refractivity contribution < 1.29 is 0 Å². The van der Waals surface area contributed by atoms with Crippen LogP contribution in [0.15, 0.2) is 0 Å². The van der Waals surface area contributed by atoms with Crippen LogP contribution in [0.2, 0.25) is 19.6 Å². The Balaban J connectivity index is 4.11. The van der Waals surface area contributed by atoms with Gasteiger partial charge in [-0.25, -0.2) is 0 Å². The third-order valence-electron chi connectivity index (χ3n) is 2.91. The summed E-state index contributed by atoms with van der Waals surface area (Å²) in [5, 5.41) is 0. The van der Waals surface area contributed by atoms with E-state index in [2.05, 4.69) is 55.9 Å². The number of unbranched alkanes of at least 4 members (excludes halogenated alkanes) is 2. The molecule has 0 radical (unpaired) electrons. The maximum absolute atomic E-state index is 6.89. The predicted molar refractivity (Wildman–Crippen MR) is 89.7 cm³/mol. The molecule has 0 aliphatic heterocycles. The Labute approximate surface area is 116 Å². The quantitative estimate of drug-likeness (QED) is 0.306. The Morgan fingerprint density at radius 2 is 1.31 bits per heavy atom. The Morgan fingerprint density at radius 3 is 1.75 bits per heavy atom. The van der Waals surface area contributed by atoms with Crippen LogP contribution in [0.1, 0.15) is 39.5 Å². The van der Waals surface area contributed by atoms with Crippen molar-refractivity contribution in [2.24, 2.45) is 0 Å². The van der Waals surface area contributed by atoms with E-state index in [-0.39, 0.29) is 0 Å². The van der Waals surface area contributed by atoms with E-state index in [1.54, 1.807) is 0 Å². The lowest BCUT2D eigenvalue weighted by molar-refractivity contribution is 0.898. The van der Waals surface area contributed by atoms with Crippen LogP contribution in [0.3, 0.4) is 0 Å². The normalized spacial score (nSPS) is 16.1. The molecule has 0 bridgehead atoms. The van der Waals surface area contributed by atoms with Gasteiger partial charge in [0.05, 0.1) is 0 Å². The van der Waals surface area contributed by atoms with Crippen LogP contribution in [-0.4, -0.2) is 24.3 Å². The second-order valence-corrected chi connectivity index (χ2v) is 31.1. The van der Waals surface area contributed by atoms with Gasteiger partial charge in [0.25, 0.3) is 0 Å². The molecular weight excluding hydrogens is 288 g/mol. The summed E-state index contributed by atoms with van der Waals surface area (Å²) < 4.78 is 0. The lowest BCUT2D eigenvalue weighted by atomic mass is 10.4. The van der Waals surface area contributed by atoms with Gasteiger partial charge in [-0.2, -0.15) is 33.5 Å². The van der Waals surface area contributed by atoms with Crippen molar-refractivity contribution in [2.45, 2.75) is 59.2 Å². The minimum Gasteiger partial charge on any atom is -0.186 e. The fourth-order valence-electron chi connectivity index (χ4n) is 1.18. The van der Waals surface area contributed by atoms with Gasteiger partial charge < -0.3 is 0 Å². The standard InChI is InChI=1S/C11H27ClS2Si2/c1-6-8-10-13-15(3,4)16(5,12)14-11-9-7-2/h6-11H2,1-5H3. The molecule has 0 aromatic rings. The van der Waals surface area contributed by atoms with Gasteiger partial charge in [-0.3, -0.25) is 0 Å². The van der Waals surface area contributed by atoms with Crippen LogP contribution in [0.25, 0.3) is 0 Å². The number of hydrogen-bond acceptors (Lipinski definition) is 2. The van der Waals surface area contributed by atoms with Crippen molar-refractivity contribution in [1.82, 2.24) is 0 Å². The average Bonchev–Trinajstić information content (AvgIpc) is 2.18. The summed E-state index contributed by atoms with van der Waals surface area (Å²) in [7, 11) is 0. The fourth-order valence-corrected chi connectivity index (χ4v) is 21.5. The fraction of sp³-hybridized carbons (Fsp3) is 1.00. The number of halogens is 1. The second kappa shape index (κ2) is 8.51. The van der Waals surface area contributed by atoms with Gasteiger partial charge in [0.1, 0.15) is 6.74 Å². The smallest absolute Gasteiger partial charge is 0.186 e. The van der Waals surface area contributed by atoms with Gasteiger partial charge >= 0.3 is 0 Å². The molecule has 0 saturated heterocycles. The van der Waals surface area contributed by atoms with Crippen LogP contribution in [0, 0.1) is 0 Å². The van der Waals surface area contributed by atoms with Crippen LogP contribution < -0.4 is 0 Å². The van der Waals surface area contributed by atoms with E-state index in [1.807, 2.05) is 0 Å². The summed E-state index contributed by atoms with van der Waals surface area (Å²) >= 11 is 11.2. The summed E-state index contributed by atoms with van der Waals surface area (Å²) in [4.78, 5) is 0. The molecule has 1 unspecified atom stereocenters. The Morgan fingerprint density at radius 1 is 0.875 bits per heavy atom. The van der Waals surface area contributed by atoms with Gasteiger partial charge in [0.15, 0.2) is 0 Å². The third-order valence-corrected chi connectivity index (χ3v) is 37.0. The molecule has 0 saturated carbocycles. The zero-order valence-corrected chi connectivity index (χ0v) is 15.8. The average molecular weight is 315 g/mol. The molecular formula is C11H27ClS2Si2.